The molecular formula is C20H21ClN2O. The van der Waals surface area contributed by atoms with E-state index in [1.165, 1.54) is 30.4 Å². The number of piperidine rings is 1. The number of benzene rings is 1. The first-order valence-electron chi connectivity index (χ1n) is 8.94. The Bertz CT molecular complexity index is 864. The zero-order valence-electron chi connectivity index (χ0n) is 13.9. The number of likely N-dealkylation sites (N-methyl/N-ethyl adjacent to an activating group) is 1. The van der Waals surface area contributed by atoms with Crippen molar-refractivity contribution in [3.8, 4) is 0 Å². The molecule has 4 heteroatoms. The van der Waals surface area contributed by atoms with Crippen molar-refractivity contribution in [2.75, 3.05) is 7.05 Å². The summed E-state index contributed by atoms with van der Waals surface area (Å²) in [5.41, 5.74) is 3.78. The molecule has 2 bridgehead atoms. The van der Waals surface area contributed by atoms with Gasteiger partial charge < -0.3 is 4.90 Å². The Hall–Kier alpha value is -1.61. The Kier molecular flexibility index (Phi) is 3.03. The Labute approximate surface area is 147 Å². The molecule has 5 rings (SSSR count). The fourth-order valence-corrected chi connectivity index (χ4v) is 5.81. The van der Waals surface area contributed by atoms with Crippen LogP contribution in [0.25, 0.3) is 10.9 Å². The molecule has 124 valence electrons. The maximum atomic E-state index is 12.7. The minimum absolute atomic E-state index is 0.0261. The Morgan fingerprint density at radius 2 is 2.17 bits per heavy atom. The molecule has 2 heterocycles. The predicted octanol–water partition coefficient (Wildman–Crippen LogP) is 4.10. The number of fused-ring (bicyclic) bond motifs is 2. The van der Waals surface area contributed by atoms with E-state index in [9.17, 15) is 4.79 Å². The van der Waals surface area contributed by atoms with Gasteiger partial charge in [-0.15, -0.1) is 0 Å². The van der Waals surface area contributed by atoms with Crippen molar-refractivity contribution in [3.63, 3.8) is 0 Å². The van der Waals surface area contributed by atoms with Crippen molar-refractivity contribution in [1.82, 2.24) is 9.88 Å². The number of carbonyl (C=O) groups excluding carboxylic acids is 1. The van der Waals surface area contributed by atoms with Gasteiger partial charge in [-0.1, -0.05) is 24.4 Å². The number of hydrogen-bond acceptors (Lipinski definition) is 2. The molecule has 2 fully saturated rings. The van der Waals surface area contributed by atoms with Gasteiger partial charge >= 0.3 is 0 Å². The first-order valence-corrected chi connectivity index (χ1v) is 9.32. The van der Waals surface area contributed by atoms with Gasteiger partial charge in [-0.05, 0) is 60.6 Å². The van der Waals surface area contributed by atoms with E-state index >= 15 is 0 Å². The molecule has 3 nitrogen and oxygen atoms in total. The number of nitrogens with zero attached hydrogens (tertiary/aromatic N) is 2. The summed E-state index contributed by atoms with van der Waals surface area (Å²) in [5, 5.41) is 1.68. The van der Waals surface area contributed by atoms with Gasteiger partial charge in [0.2, 0.25) is 5.91 Å². The van der Waals surface area contributed by atoms with Crippen molar-refractivity contribution in [2.24, 2.45) is 5.92 Å². The summed E-state index contributed by atoms with van der Waals surface area (Å²) < 4.78 is 0. The summed E-state index contributed by atoms with van der Waals surface area (Å²) >= 11 is 6.11. The van der Waals surface area contributed by atoms with Gasteiger partial charge in [0.15, 0.2) is 0 Å². The third-order valence-corrected chi connectivity index (χ3v) is 6.98. The van der Waals surface area contributed by atoms with Crippen molar-refractivity contribution in [1.29, 1.82) is 0 Å². The van der Waals surface area contributed by atoms with E-state index in [1.54, 1.807) is 0 Å². The minimum Gasteiger partial charge on any atom is -0.342 e. The van der Waals surface area contributed by atoms with Gasteiger partial charge in [-0.3, -0.25) is 4.79 Å². The van der Waals surface area contributed by atoms with E-state index < -0.39 is 0 Å². The second-order valence-electron chi connectivity index (χ2n) is 7.80. The molecule has 0 spiro atoms. The summed E-state index contributed by atoms with van der Waals surface area (Å²) in [5.74, 6) is 0.904. The van der Waals surface area contributed by atoms with Crippen LogP contribution in [0.1, 0.15) is 43.2 Å². The van der Waals surface area contributed by atoms with E-state index in [2.05, 4.69) is 23.2 Å². The maximum Gasteiger partial charge on any atom is 0.223 e. The first-order chi connectivity index (χ1) is 11.6. The number of pyridine rings is 1. The lowest BCUT2D eigenvalue weighted by Gasteiger charge is -2.57. The maximum absolute atomic E-state index is 12.7. The quantitative estimate of drug-likeness (QED) is 0.676. The molecule has 0 radical (unpaired) electrons. The van der Waals surface area contributed by atoms with Crippen LogP contribution < -0.4 is 0 Å². The normalized spacial score (nSPS) is 31.8. The molecule has 1 saturated heterocycles. The van der Waals surface area contributed by atoms with Crippen molar-refractivity contribution in [2.45, 2.75) is 50.0 Å². The number of hydrogen-bond donors (Lipinski definition) is 0. The number of carbonyl (C=O) groups is 1. The summed E-state index contributed by atoms with van der Waals surface area (Å²) in [6.45, 7) is 0. The third kappa shape index (κ3) is 1.85. The number of amides is 1. The van der Waals surface area contributed by atoms with Gasteiger partial charge in [0.25, 0.3) is 0 Å². The molecule has 24 heavy (non-hydrogen) atoms. The zero-order chi connectivity index (χ0) is 16.5. The molecule has 1 aromatic carbocycles. The standard InChI is InChI=1S/C20H21ClN2O/c1-23-17-9-13-8-12-5-6-18(21)22-16(12)10-15(13)20(11-19(23)24)7-3-2-4-14(17)20/h5-6,8,10,14,17H,2-4,7,9,11H2,1H3/t14-,17+,20+/m0/s1. The Morgan fingerprint density at radius 3 is 3.04 bits per heavy atom. The Balaban J connectivity index is 1.78. The first kappa shape index (κ1) is 14.7. The minimum atomic E-state index is 0.0261. The monoisotopic (exact) mass is 340 g/mol. The summed E-state index contributed by atoms with van der Waals surface area (Å²) in [4.78, 5) is 19.2. The Morgan fingerprint density at radius 1 is 1.29 bits per heavy atom. The van der Waals surface area contributed by atoms with Gasteiger partial charge in [0.1, 0.15) is 5.15 Å². The molecule has 3 aliphatic rings. The average Bonchev–Trinajstić information content (AvgIpc) is 2.58. The fraction of sp³-hybridized carbons (Fsp3) is 0.500. The summed E-state index contributed by atoms with van der Waals surface area (Å²) in [6.07, 6.45) is 6.51. The van der Waals surface area contributed by atoms with Crippen LogP contribution in [0.3, 0.4) is 0 Å². The van der Waals surface area contributed by atoms with Crippen LogP contribution in [0.2, 0.25) is 5.15 Å². The average molecular weight is 341 g/mol. The highest BCUT2D eigenvalue weighted by molar-refractivity contribution is 6.29. The highest BCUT2D eigenvalue weighted by atomic mass is 35.5. The van der Waals surface area contributed by atoms with Crippen LogP contribution in [0.5, 0.6) is 0 Å². The topological polar surface area (TPSA) is 33.2 Å². The number of rotatable bonds is 0. The van der Waals surface area contributed by atoms with Gasteiger partial charge in [0.05, 0.1) is 5.52 Å². The fourth-order valence-electron chi connectivity index (χ4n) is 5.66. The molecule has 3 atom stereocenters. The number of likely N-dealkylation sites (tertiary alicyclic amines) is 1. The molecular weight excluding hydrogens is 320 g/mol. The van der Waals surface area contributed by atoms with Crippen molar-refractivity contribution < 1.29 is 4.79 Å². The van der Waals surface area contributed by atoms with Crippen LogP contribution in [0.15, 0.2) is 24.3 Å². The highest BCUT2D eigenvalue weighted by Gasteiger charge is 2.55. The van der Waals surface area contributed by atoms with Crippen molar-refractivity contribution >= 4 is 28.4 Å². The summed E-state index contributed by atoms with van der Waals surface area (Å²) in [6, 6.07) is 8.80. The number of aromatic nitrogens is 1. The van der Waals surface area contributed by atoms with Crippen LogP contribution in [0.4, 0.5) is 0 Å². The van der Waals surface area contributed by atoms with E-state index in [0.717, 1.165) is 23.7 Å². The van der Waals surface area contributed by atoms with E-state index in [4.69, 9.17) is 11.6 Å². The van der Waals surface area contributed by atoms with Gasteiger partial charge in [-0.25, -0.2) is 4.98 Å². The predicted molar refractivity (Wildman–Crippen MR) is 95.3 cm³/mol. The lowest BCUT2D eigenvalue weighted by atomic mass is 9.52. The molecule has 1 aliphatic heterocycles. The molecule has 1 amide bonds. The van der Waals surface area contributed by atoms with Gasteiger partial charge in [0, 0.05) is 30.3 Å². The lowest BCUT2D eigenvalue weighted by Crippen LogP contribution is -2.61. The lowest BCUT2D eigenvalue weighted by molar-refractivity contribution is -0.144. The SMILES string of the molecule is CN1C(=O)C[C@]23CCCC[C@H]2[C@H]1Cc1cc2ccc(Cl)nc2cc13. The summed E-state index contributed by atoms with van der Waals surface area (Å²) in [7, 11) is 2.00. The molecule has 0 unspecified atom stereocenters. The molecule has 1 aromatic heterocycles. The molecule has 2 aromatic rings. The smallest absolute Gasteiger partial charge is 0.223 e. The zero-order valence-corrected chi connectivity index (χ0v) is 14.6. The number of halogens is 1. The van der Waals surface area contributed by atoms with Crippen LogP contribution in [0, 0.1) is 5.92 Å². The largest absolute Gasteiger partial charge is 0.342 e. The second kappa shape index (κ2) is 4.95. The van der Waals surface area contributed by atoms with E-state index in [1.807, 2.05) is 18.0 Å². The van der Waals surface area contributed by atoms with Crippen molar-refractivity contribution in [3.05, 3.63) is 40.5 Å². The second-order valence-corrected chi connectivity index (χ2v) is 8.18. The molecule has 1 saturated carbocycles. The molecule has 2 aliphatic carbocycles. The van der Waals surface area contributed by atoms with Crippen LogP contribution >= 0.6 is 11.6 Å². The van der Waals surface area contributed by atoms with Crippen LogP contribution in [-0.4, -0.2) is 28.9 Å². The molecule has 0 N–H and O–H groups in total. The van der Waals surface area contributed by atoms with E-state index in [0.29, 0.717) is 29.4 Å². The third-order valence-electron chi connectivity index (χ3n) is 6.77. The van der Waals surface area contributed by atoms with Gasteiger partial charge in [-0.2, -0.15) is 0 Å². The van der Waals surface area contributed by atoms with E-state index in [-0.39, 0.29) is 5.41 Å². The van der Waals surface area contributed by atoms with Crippen LogP contribution in [-0.2, 0) is 16.6 Å². The highest BCUT2D eigenvalue weighted by Crippen LogP contribution is 2.56.